The monoisotopic (exact) mass is 603 g/mol. The summed E-state index contributed by atoms with van der Waals surface area (Å²) in [4.78, 5) is 28.5. The van der Waals surface area contributed by atoms with Gasteiger partial charge in [-0.2, -0.15) is 0 Å². The molecule has 3 aromatic carbocycles. The molecule has 0 aromatic heterocycles. The van der Waals surface area contributed by atoms with Crippen molar-refractivity contribution in [2.24, 2.45) is 0 Å². The fourth-order valence-corrected chi connectivity index (χ4v) is 6.29. The summed E-state index contributed by atoms with van der Waals surface area (Å²) in [5.74, 6) is -0.671. The highest BCUT2D eigenvalue weighted by molar-refractivity contribution is 7.92. The predicted octanol–water partition coefficient (Wildman–Crippen LogP) is 6.26. The summed E-state index contributed by atoms with van der Waals surface area (Å²) in [5, 5.41) is 3.46. The molecule has 3 rings (SSSR count). The number of carbonyl (C=O) groups excluding carboxylic acids is 2. The van der Waals surface area contributed by atoms with E-state index in [9.17, 15) is 18.0 Å². The molecule has 214 valence electrons. The number of nitrogens with zero attached hydrogens (tertiary/aromatic N) is 2. The number of likely N-dealkylation sites (N-methyl/N-ethyl adjacent to an activating group) is 1. The Balaban J connectivity index is 2.10. The van der Waals surface area contributed by atoms with E-state index in [1.807, 2.05) is 26.0 Å². The second-order valence-electron chi connectivity index (χ2n) is 9.61. The van der Waals surface area contributed by atoms with Crippen molar-refractivity contribution < 1.29 is 18.0 Å². The molecular weight excluding hydrogens is 569 g/mol. The van der Waals surface area contributed by atoms with Gasteiger partial charge < -0.3 is 10.2 Å². The van der Waals surface area contributed by atoms with Crippen molar-refractivity contribution in [2.75, 3.05) is 17.4 Å². The fraction of sp³-hybridized carbons (Fsp3) is 0.333. The molecule has 0 heterocycles. The van der Waals surface area contributed by atoms with Crippen LogP contribution in [0.25, 0.3) is 0 Å². The molecule has 1 atom stereocenters. The third-order valence-corrected chi connectivity index (χ3v) is 9.08. The van der Waals surface area contributed by atoms with Crippen molar-refractivity contribution >= 4 is 50.7 Å². The predicted molar refractivity (Wildman–Crippen MR) is 161 cm³/mol. The third kappa shape index (κ3) is 7.36. The van der Waals surface area contributed by atoms with Gasteiger partial charge in [-0.25, -0.2) is 8.42 Å². The largest absolute Gasteiger partial charge is 0.355 e. The Morgan fingerprint density at radius 3 is 2.00 bits per heavy atom. The van der Waals surface area contributed by atoms with E-state index < -0.39 is 28.5 Å². The van der Waals surface area contributed by atoms with E-state index in [-0.39, 0.29) is 23.3 Å². The molecule has 0 saturated heterocycles. The van der Waals surface area contributed by atoms with Crippen LogP contribution in [0.5, 0.6) is 0 Å². The third-order valence-electron chi connectivity index (χ3n) is 6.58. The maximum atomic E-state index is 14.1. The van der Waals surface area contributed by atoms with Gasteiger partial charge in [-0.15, -0.1) is 0 Å². The number of carbonyl (C=O) groups is 2. The molecule has 0 spiro atoms. The van der Waals surface area contributed by atoms with Crippen molar-refractivity contribution in [3.05, 3.63) is 94.0 Å². The van der Waals surface area contributed by atoms with Gasteiger partial charge in [0.2, 0.25) is 11.8 Å². The summed E-state index contributed by atoms with van der Waals surface area (Å²) >= 11 is 12.9. The molecule has 1 N–H and O–H groups in total. The summed E-state index contributed by atoms with van der Waals surface area (Å²) in [6, 6.07) is 19.2. The molecule has 0 bridgehead atoms. The van der Waals surface area contributed by atoms with E-state index in [0.717, 1.165) is 9.87 Å². The van der Waals surface area contributed by atoms with Crippen LogP contribution in [0.15, 0.2) is 77.7 Å². The van der Waals surface area contributed by atoms with E-state index in [4.69, 9.17) is 23.2 Å². The summed E-state index contributed by atoms with van der Waals surface area (Å²) in [7, 11) is -4.13. The van der Waals surface area contributed by atoms with Gasteiger partial charge >= 0.3 is 0 Å². The van der Waals surface area contributed by atoms with E-state index in [2.05, 4.69) is 5.32 Å². The molecule has 3 aromatic rings. The van der Waals surface area contributed by atoms with Gasteiger partial charge in [0, 0.05) is 28.7 Å². The molecule has 0 aliphatic heterocycles. The Morgan fingerprint density at radius 1 is 0.875 bits per heavy atom. The summed E-state index contributed by atoms with van der Waals surface area (Å²) in [6.07, 6.45) is 0.300. The van der Waals surface area contributed by atoms with Crippen LogP contribution in [0.4, 0.5) is 5.69 Å². The maximum absolute atomic E-state index is 14.1. The van der Waals surface area contributed by atoms with Crippen LogP contribution in [-0.4, -0.2) is 44.3 Å². The maximum Gasteiger partial charge on any atom is 0.264 e. The van der Waals surface area contributed by atoms with Gasteiger partial charge in [-0.1, -0.05) is 80.4 Å². The standard InChI is InChI=1S/C30H35Cl2N3O4S/c1-5-28(30(37)33-6-2)34(19-25-26(31)13-10-14-27(25)32)29(36)20-35(23-17-15-22(16-18-23)21(3)4)40(38,39)24-11-8-7-9-12-24/h7-18,21,28H,5-6,19-20H2,1-4H3,(H,33,37)/t28-/m1/s1. The molecule has 2 amide bonds. The SMILES string of the molecule is CCNC(=O)[C@@H](CC)N(Cc1c(Cl)cccc1Cl)C(=O)CN(c1ccc(C(C)C)cc1)S(=O)(=O)c1ccccc1. The molecule has 0 unspecified atom stereocenters. The second-order valence-corrected chi connectivity index (χ2v) is 12.3. The Kier molecular flexibility index (Phi) is 11.0. The number of hydrogen-bond donors (Lipinski definition) is 1. The molecule has 0 aliphatic rings. The molecule has 0 aliphatic carbocycles. The normalized spacial score (nSPS) is 12.2. The fourth-order valence-electron chi connectivity index (χ4n) is 4.34. The average molecular weight is 605 g/mol. The van der Waals surface area contributed by atoms with E-state index in [1.54, 1.807) is 62.4 Å². The number of benzene rings is 3. The lowest BCUT2D eigenvalue weighted by molar-refractivity contribution is -0.140. The van der Waals surface area contributed by atoms with Gasteiger partial charge in [0.05, 0.1) is 10.6 Å². The van der Waals surface area contributed by atoms with Crippen LogP contribution >= 0.6 is 23.2 Å². The van der Waals surface area contributed by atoms with E-state index in [1.165, 1.54) is 17.0 Å². The van der Waals surface area contributed by atoms with Crippen molar-refractivity contribution in [1.82, 2.24) is 10.2 Å². The van der Waals surface area contributed by atoms with Crippen molar-refractivity contribution in [3.63, 3.8) is 0 Å². The molecule has 0 radical (unpaired) electrons. The summed E-state index contributed by atoms with van der Waals surface area (Å²) in [5.41, 5.74) is 1.84. The first-order valence-electron chi connectivity index (χ1n) is 13.2. The Hall–Kier alpha value is -3.07. The van der Waals surface area contributed by atoms with Crippen LogP contribution in [-0.2, 0) is 26.2 Å². The first-order chi connectivity index (χ1) is 19.0. The topological polar surface area (TPSA) is 86.8 Å². The first-order valence-corrected chi connectivity index (χ1v) is 15.4. The quantitative estimate of drug-likeness (QED) is 0.265. The zero-order valence-electron chi connectivity index (χ0n) is 23.1. The number of rotatable bonds is 12. The Labute approximate surface area is 247 Å². The van der Waals surface area contributed by atoms with Crippen molar-refractivity contribution in [1.29, 1.82) is 0 Å². The Bertz CT molecular complexity index is 1390. The minimum atomic E-state index is -4.13. The van der Waals surface area contributed by atoms with Gasteiger partial charge in [0.1, 0.15) is 12.6 Å². The number of anilines is 1. The molecule has 0 fully saturated rings. The Morgan fingerprint density at radius 2 is 1.48 bits per heavy atom. The first kappa shape index (κ1) is 31.5. The molecule has 10 heteroatoms. The lowest BCUT2D eigenvalue weighted by Gasteiger charge is -2.33. The summed E-state index contributed by atoms with van der Waals surface area (Å²) < 4.78 is 28.9. The lowest BCUT2D eigenvalue weighted by atomic mass is 10.0. The molecule has 7 nitrogen and oxygen atoms in total. The zero-order valence-corrected chi connectivity index (χ0v) is 25.4. The number of amides is 2. The smallest absolute Gasteiger partial charge is 0.264 e. The van der Waals surface area contributed by atoms with Gasteiger partial charge in [0.25, 0.3) is 10.0 Å². The molecule has 40 heavy (non-hydrogen) atoms. The van der Waals surface area contributed by atoms with Crippen molar-refractivity contribution in [3.8, 4) is 0 Å². The highest BCUT2D eigenvalue weighted by atomic mass is 35.5. The van der Waals surface area contributed by atoms with Gasteiger partial charge in [-0.05, 0) is 61.2 Å². The minimum Gasteiger partial charge on any atom is -0.355 e. The van der Waals surface area contributed by atoms with Gasteiger partial charge in [-0.3, -0.25) is 13.9 Å². The zero-order chi connectivity index (χ0) is 29.4. The van der Waals surface area contributed by atoms with Crippen molar-refractivity contribution in [2.45, 2.75) is 57.5 Å². The van der Waals surface area contributed by atoms with Crippen LogP contribution in [0.2, 0.25) is 10.0 Å². The second kappa shape index (κ2) is 14.0. The van der Waals surface area contributed by atoms with Crippen LogP contribution < -0.4 is 9.62 Å². The van der Waals surface area contributed by atoms with E-state index >= 15 is 0 Å². The van der Waals surface area contributed by atoms with Crippen LogP contribution in [0.3, 0.4) is 0 Å². The highest BCUT2D eigenvalue weighted by Crippen LogP contribution is 2.29. The summed E-state index contributed by atoms with van der Waals surface area (Å²) in [6.45, 7) is 7.44. The van der Waals surface area contributed by atoms with Crippen LogP contribution in [0.1, 0.15) is 51.2 Å². The van der Waals surface area contributed by atoms with Gasteiger partial charge in [0.15, 0.2) is 0 Å². The number of halogens is 2. The number of nitrogens with one attached hydrogen (secondary N) is 1. The average Bonchev–Trinajstić information content (AvgIpc) is 2.93. The molecular formula is C30H35Cl2N3O4S. The molecule has 0 saturated carbocycles. The number of hydrogen-bond acceptors (Lipinski definition) is 4. The number of sulfonamides is 1. The van der Waals surface area contributed by atoms with Crippen LogP contribution in [0, 0.1) is 0 Å². The lowest BCUT2D eigenvalue weighted by Crippen LogP contribution is -2.52. The minimum absolute atomic E-state index is 0.0483. The highest BCUT2D eigenvalue weighted by Gasteiger charge is 2.34. The van der Waals surface area contributed by atoms with E-state index in [0.29, 0.717) is 34.3 Å².